The average Bonchev–Trinajstić information content (AvgIpc) is 2.48. The Hall–Kier alpha value is -2.01. The van der Waals surface area contributed by atoms with Crippen LogP contribution in [-0.4, -0.2) is 18.2 Å². The molecule has 0 radical (unpaired) electrons. The van der Waals surface area contributed by atoms with Gasteiger partial charge in [0, 0.05) is 22.9 Å². The first kappa shape index (κ1) is 13.0. The molecule has 0 saturated heterocycles. The van der Waals surface area contributed by atoms with Crippen LogP contribution in [0.25, 0.3) is 0 Å². The average molecular weight is 288 g/mol. The minimum Gasteiger partial charge on any atom is -0.398 e. The highest BCUT2D eigenvalue weighted by molar-refractivity contribution is 7.99. The molecule has 0 saturated carbocycles. The summed E-state index contributed by atoms with van der Waals surface area (Å²) in [6.07, 6.45) is 0. The minimum atomic E-state index is -0.456. The van der Waals surface area contributed by atoms with Gasteiger partial charge in [0.15, 0.2) is 0 Å². The third kappa shape index (κ3) is 2.25. The Morgan fingerprint density at radius 1 is 1.25 bits per heavy atom. The van der Waals surface area contributed by atoms with E-state index in [4.69, 9.17) is 5.73 Å². The van der Waals surface area contributed by atoms with Crippen LogP contribution in [0.1, 0.15) is 10.4 Å². The maximum Gasteiger partial charge on any atom is 0.260 e. The van der Waals surface area contributed by atoms with E-state index in [1.54, 1.807) is 16.7 Å². The molecule has 5 heteroatoms. The summed E-state index contributed by atoms with van der Waals surface area (Å²) in [5.74, 6) is 0.106. The molecule has 0 bridgehead atoms. The van der Waals surface area contributed by atoms with E-state index in [2.05, 4.69) is 0 Å². The van der Waals surface area contributed by atoms with Gasteiger partial charge in [-0.3, -0.25) is 4.79 Å². The zero-order chi connectivity index (χ0) is 14.1. The number of para-hydroxylation sites is 1. The number of rotatable bonds is 1. The zero-order valence-electron chi connectivity index (χ0n) is 10.7. The fourth-order valence-corrected chi connectivity index (χ4v) is 3.23. The topological polar surface area (TPSA) is 46.3 Å². The summed E-state index contributed by atoms with van der Waals surface area (Å²) in [6.45, 7) is 0.594. The number of anilines is 2. The number of carbonyl (C=O) groups excluding carboxylic acids is 1. The SMILES string of the molecule is Nc1ccc(F)cc1C(=O)N1CCSc2ccccc21. The maximum absolute atomic E-state index is 13.3. The van der Waals surface area contributed by atoms with Crippen LogP contribution in [0.2, 0.25) is 0 Å². The number of benzene rings is 2. The smallest absolute Gasteiger partial charge is 0.260 e. The van der Waals surface area contributed by atoms with Crippen LogP contribution >= 0.6 is 11.8 Å². The Bertz CT molecular complexity index is 675. The van der Waals surface area contributed by atoms with Crippen molar-refractivity contribution in [3.63, 3.8) is 0 Å². The van der Waals surface area contributed by atoms with Crippen molar-refractivity contribution in [2.75, 3.05) is 22.9 Å². The number of hydrogen-bond acceptors (Lipinski definition) is 3. The third-order valence-corrected chi connectivity index (χ3v) is 4.26. The summed E-state index contributed by atoms with van der Waals surface area (Å²) in [5.41, 5.74) is 7.17. The Morgan fingerprint density at radius 2 is 2.05 bits per heavy atom. The number of hydrogen-bond donors (Lipinski definition) is 1. The molecule has 1 aliphatic heterocycles. The van der Waals surface area contributed by atoms with Crippen molar-refractivity contribution in [3.8, 4) is 0 Å². The highest BCUT2D eigenvalue weighted by Crippen LogP contribution is 2.35. The van der Waals surface area contributed by atoms with Gasteiger partial charge in [-0.05, 0) is 30.3 Å². The maximum atomic E-state index is 13.3. The molecular weight excluding hydrogens is 275 g/mol. The van der Waals surface area contributed by atoms with Crippen LogP contribution in [-0.2, 0) is 0 Å². The third-order valence-electron chi connectivity index (χ3n) is 3.22. The Balaban J connectivity index is 2.02. The van der Waals surface area contributed by atoms with Gasteiger partial charge < -0.3 is 10.6 Å². The van der Waals surface area contributed by atoms with Gasteiger partial charge in [-0.1, -0.05) is 12.1 Å². The van der Waals surface area contributed by atoms with Gasteiger partial charge in [0.2, 0.25) is 0 Å². The first-order chi connectivity index (χ1) is 9.66. The molecule has 0 aliphatic carbocycles. The van der Waals surface area contributed by atoms with Gasteiger partial charge in [-0.25, -0.2) is 4.39 Å². The summed E-state index contributed by atoms with van der Waals surface area (Å²) in [6, 6.07) is 11.6. The molecule has 0 aromatic heterocycles. The second-order valence-electron chi connectivity index (χ2n) is 4.50. The minimum absolute atomic E-state index is 0.215. The van der Waals surface area contributed by atoms with E-state index in [9.17, 15) is 9.18 Å². The molecule has 3 nitrogen and oxygen atoms in total. The van der Waals surface area contributed by atoms with Crippen LogP contribution in [0, 0.1) is 5.82 Å². The number of carbonyl (C=O) groups is 1. The Morgan fingerprint density at radius 3 is 2.90 bits per heavy atom. The molecule has 2 aromatic rings. The number of halogens is 1. The predicted octanol–water partition coefficient (Wildman–Crippen LogP) is 3.16. The van der Waals surface area contributed by atoms with Crippen molar-refractivity contribution < 1.29 is 9.18 Å². The van der Waals surface area contributed by atoms with E-state index in [-0.39, 0.29) is 11.5 Å². The molecule has 2 N–H and O–H groups in total. The molecule has 1 amide bonds. The lowest BCUT2D eigenvalue weighted by molar-refractivity contribution is 0.0988. The first-order valence-electron chi connectivity index (χ1n) is 6.25. The Kier molecular flexibility index (Phi) is 3.36. The van der Waals surface area contributed by atoms with Gasteiger partial charge in [0.1, 0.15) is 5.82 Å². The summed E-state index contributed by atoms with van der Waals surface area (Å²) >= 11 is 1.71. The van der Waals surface area contributed by atoms with Gasteiger partial charge in [-0.2, -0.15) is 0 Å². The lowest BCUT2D eigenvalue weighted by atomic mass is 10.1. The van der Waals surface area contributed by atoms with Gasteiger partial charge >= 0.3 is 0 Å². The quantitative estimate of drug-likeness (QED) is 0.820. The normalized spacial score (nSPS) is 13.9. The lowest BCUT2D eigenvalue weighted by Gasteiger charge is -2.29. The van der Waals surface area contributed by atoms with Crippen LogP contribution in [0.5, 0.6) is 0 Å². The van der Waals surface area contributed by atoms with Crippen molar-refractivity contribution in [1.29, 1.82) is 0 Å². The molecule has 0 fully saturated rings. The monoisotopic (exact) mass is 288 g/mol. The van der Waals surface area contributed by atoms with Crippen LogP contribution in [0.15, 0.2) is 47.4 Å². The van der Waals surface area contributed by atoms with Gasteiger partial charge in [-0.15, -0.1) is 11.8 Å². The molecule has 102 valence electrons. The molecule has 0 atom stereocenters. The second-order valence-corrected chi connectivity index (χ2v) is 5.64. The van der Waals surface area contributed by atoms with E-state index in [0.717, 1.165) is 16.3 Å². The van der Waals surface area contributed by atoms with Crippen LogP contribution in [0.4, 0.5) is 15.8 Å². The Labute approximate surface area is 120 Å². The highest BCUT2D eigenvalue weighted by Gasteiger charge is 2.25. The van der Waals surface area contributed by atoms with Crippen molar-refractivity contribution in [2.24, 2.45) is 0 Å². The summed E-state index contributed by atoms with van der Waals surface area (Å²) < 4.78 is 13.3. The van der Waals surface area contributed by atoms with Gasteiger partial charge in [0.05, 0.1) is 11.3 Å². The van der Waals surface area contributed by atoms with E-state index >= 15 is 0 Å². The van der Waals surface area contributed by atoms with Crippen molar-refractivity contribution in [3.05, 3.63) is 53.8 Å². The number of fused-ring (bicyclic) bond motifs is 1. The number of thioether (sulfide) groups is 1. The molecule has 0 spiro atoms. The van der Waals surface area contributed by atoms with E-state index < -0.39 is 5.82 Å². The van der Waals surface area contributed by atoms with Crippen molar-refractivity contribution in [1.82, 2.24) is 0 Å². The number of amides is 1. The number of nitrogens with two attached hydrogens (primary N) is 1. The van der Waals surface area contributed by atoms with Crippen molar-refractivity contribution in [2.45, 2.75) is 4.90 Å². The second kappa shape index (κ2) is 5.17. The standard InChI is InChI=1S/C15H13FN2OS/c16-10-5-6-12(17)11(9-10)15(19)18-7-8-20-14-4-2-1-3-13(14)18/h1-6,9H,7-8,17H2. The number of nitrogen functional groups attached to an aromatic ring is 1. The van der Waals surface area contributed by atoms with Crippen LogP contribution < -0.4 is 10.6 Å². The highest BCUT2D eigenvalue weighted by atomic mass is 32.2. The summed E-state index contributed by atoms with van der Waals surface area (Å²) in [7, 11) is 0. The molecule has 2 aromatic carbocycles. The summed E-state index contributed by atoms with van der Waals surface area (Å²) in [5, 5.41) is 0. The van der Waals surface area contributed by atoms with E-state index in [1.807, 2.05) is 24.3 Å². The largest absolute Gasteiger partial charge is 0.398 e. The van der Waals surface area contributed by atoms with Crippen molar-refractivity contribution >= 4 is 29.0 Å². The van der Waals surface area contributed by atoms with Gasteiger partial charge in [0.25, 0.3) is 5.91 Å². The summed E-state index contributed by atoms with van der Waals surface area (Å²) in [4.78, 5) is 15.3. The molecular formula is C15H13FN2OS. The zero-order valence-corrected chi connectivity index (χ0v) is 11.5. The molecule has 1 heterocycles. The number of nitrogens with zero attached hydrogens (tertiary/aromatic N) is 1. The van der Waals surface area contributed by atoms with E-state index in [0.29, 0.717) is 12.2 Å². The van der Waals surface area contributed by atoms with E-state index in [1.165, 1.54) is 18.2 Å². The molecule has 3 rings (SSSR count). The van der Waals surface area contributed by atoms with Crippen LogP contribution in [0.3, 0.4) is 0 Å². The fraction of sp³-hybridized carbons (Fsp3) is 0.133. The lowest BCUT2D eigenvalue weighted by Crippen LogP contribution is -2.35. The predicted molar refractivity (Wildman–Crippen MR) is 79.7 cm³/mol. The fourth-order valence-electron chi connectivity index (χ4n) is 2.24. The molecule has 20 heavy (non-hydrogen) atoms. The first-order valence-corrected chi connectivity index (χ1v) is 7.24. The molecule has 1 aliphatic rings. The molecule has 0 unspecified atom stereocenters.